The Hall–Kier alpha value is -3.42. The van der Waals surface area contributed by atoms with Crippen molar-refractivity contribution in [2.45, 2.75) is 27.0 Å². The highest BCUT2D eigenvalue weighted by atomic mass is 35.5. The molecule has 1 aliphatic rings. The predicted octanol–water partition coefficient (Wildman–Crippen LogP) is 5.56. The molecule has 1 aliphatic heterocycles. The van der Waals surface area contributed by atoms with Gasteiger partial charge in [0, 0.05) is 46.9 Å². The first-order chi connectivity index (χ1) is 15.2. The fourth-order valence-corrected chi connectivity index (χ4v) is 2.96. The van der Waals surface area contributed by atoms with Crippen LogP contribution in [0.1, 0.15) is 32.0 Å². The van der Waals surface area contributed by atoms with Crippen LogP contribution >= 0.6 is 11.6 Å². The molecule has 2 aromatic rings. The van der Waals surface area contributed by atoms with Crippen LogP contribution in [-0.4, -0.2) is 37.6 Å². The lowest BCUT2D eigenvalue weighted by atomic mass is 10.1. The molecule has 8 heteroatoms. The highest BCUT2D eigenvalue weighted by molar-refractivity contribution is 6.30. The van der Waals surface area contributed by atoms with Crippen molar-refractivity contribution in [1.29, 1.82) is 0 Å². The van der Waals surface area contributed by atoms with Gasteiger partial charge >= 0.3 is 0 Å². The van der Waals surface area contributed by atoms with Gasteiger partial charge in [-0.25, -0.2) is 19.4 Å². The summed E-state index contributed by atoms with van der Waals surface area (Å²) in [5.74, 6) is -0.248. The molecule has 0 radical (unpaired) electrons. The maximum absolute atomic E-state index is 13.8. The van der Waals surface area contributed by atoms with Crippen molar-refractivity contribution in [2.75, 3.05) is 0 Å². The van der Waals surface area contributed by atoms with Gasteiger partial charge in [-0.3, -0.25) is 4.99 Å². The van der Waals surface area contributed by atoms with Crippen molar-refractivity contribution in [3.05, 3.63) is 89.8 Å². The highest BCUT2D eigenvalue weighted by Crippen LogP contribution is 2.29. The number of halogens is 2. The summed E-state index contributed by atoms with van der Waals surface area (Å²) in [6, 6.07) is 6.11. The Labute approximate surface area is 191 Å². The van der Waals surface area contributed by atoms with Gasteiger partial charge < -0.3 is 10.0 Å². The lowest BCUT2D eigenvalue weighted by Crippen LogP contribution is -2.29. The minimum atomic E-state index is -1.01. The fourth-order valence-electron chi connectivity index (χ4n) is 2.84. The van der Waals surface area contributed by atoms with Crippen molar-refractivity contribution < 1.29 is 9.50 Å². The number of aliphatic hydroxyl groups excluding tert-OH is 1. The molecule has 6 nitrogen and oxygen atoms in total. The number of aliphatic imine (C=N–C) groups is 2. The number of nitrogens with zero attached hydrogens (tertiary/aromatic N) is 5. The van der Waals surface area contributed by atoms with E-state index in [4.69, 9.17) is 11.6 Å². The number of hydrogen-bond donors (Lipinski definition) is 1. The standard InChI is InChI=1S/C24H23ClFN5O/c1-15(2)27-10-7-16(3)29-24-28-11-8-22(30-24)19-9-12-31(23(32)14-19)17(4)18-5-6-20(25)21(26)13-18/h5-14,23,32H,4H2,1-3H3/b10-7-,29-16?. The van der Waals surface area contributed by atoms with E-state index in [9.17, 15) is 9.50 Å². The number of aliphatic hydroxyl groups is 1. The molecule has 164 valence electrons. The number of rotatable bonds is 6. The van der Waals surface area contributed by atoms with Gasteiger partial charge in [0.15, 0.2) is 6.23 Å². The largest absolute Gasteiger partial charge is 0.370 e. The molecular weight excluding hydrogens is 429 g/mol. The molecule has 3 rings (SSSR count). The summed E-state index contributed by atoms with van der Waals surface area (Å²) >= 11 is 5.75. The Kier molecular flexibility index (Phi) is 7.45. The molecule has 0 saturated carbocycles. The predicted molar refractivity (Wildman–Crippen MR) is 128 cm³/mol. The van der Waals surface area contributed by atoms with Crippen LogP contribution in [0.25, 0.3) is 11.3 Å². The normalized spacial score (nSPS) is 16.3. The van der Waals surface area contributed by atoms with Gasteiger partial charge in [-0.05, 0) is 57.2 Å². The zero-order valence-corrected chi connectivity index (χ0v) is 18.8. The third-order valence-electron chi connectivity index (χ3n) is 4.46. The molecule has 1 aromatic heterocycles. The van der Waals surface area contributed by atoms with E-state index >= 15 is 0 Å². The first-order valence-electron chi connectivity index (χ1n) is 9.81. The van der Waals surface area contributed by atoms with Gasteiger partial charge in [-0.1, -0.05) is 24.2 Å². The van der Waals surface area contributed by atoms with Gasteiger partial charge in [0.2, 0.25) is 5.95 Å². The van der Waals surface area contributed by atoms with Gasteiger partial charge in [0.25, 0.3) is 0 Å². The number of allylic oxidation sites excluding steroid dienone is 3. The Morgan fingerprint density at radius 3 is 2.75 bits per heavy atom. The maximum Gasteiger partial charge on any atom is 0.250 e. The zero-order valence-electron chi connectivity index (χ0n) is 18.0. The Bertz CT molecular complexity index is 1180. The molecule has 1 aromatic carbocycles. The lowest BCUT2D eigenvalue weighted by Gasteiger charge is -2.29. The second-order valence-electron chi connectivity index (χ2n) is 7.22. The Morgan fingerprint density at radius 1 is 1.28 bits per heavy atom. The first kappa shape index (κ1) is 23.2. The van der Waals surface area contributed by atoms with E-state index in [2.05, 4.69) is 26.5 Å². The molecule has 0 fully saturated rings. The zero-order chi connectivity index (χ0) is 23.3. The average Bonchev–Trinajstić information content (AvgIpc) is 2.75. The van der Waals surface area contributed by atoms with E-state index in [-0.39, 0.29) is 5.02 Å². The van der Waals surface area contributed by atoms with Crippen LogP contribution in [-0.2, 0) is 0 Å². The monoisotopic (exact) mass is 451 g/mol. The summed E-state index contributed by atoms with van der Waals surface area (Å²) in [6.45, 7) is 9.62. The summed E-state index contributed by atoms with van der Waals surface area (Å²) in [5.41, 5.74) is 3.90. The third kappa shape index (κ3) is 5.84. The second kappa shape index (κ2) is 10.3. The van der Waals surface area contributed by atoms with Crippen molar-refractivity contribution in [3.63, 3.8) is 0 Å². The van der Waals surface area contributed by atoms with E-state index in [1.54, 1.807) is 49.0 Å². The van der Waals surface area contributed by atoms with Gasteiger partial charge in [-0.2, -0.15) is 0 Å². The summed E-state index contributed by atoms with van der Waals surface area (Å²) in [4.78, 5) is 18.7. The highest BCUT2D eigenvalue weighted by Gasteiger charge is 2.20. The van der Waals surface area contributed by atoms with Crippen LogP contribution in [0.5, 0.6) is 0 Å². The first-order valence-corrected chi connectivity index (χ1v) is 10.2. The minimum absolute atomic E-state index is 0.0274. The number of hydrogen-bond acceptors (Lipinski definition) is 6. The van der Waals surface area contributed by atoms with E-state index < -0.39 is 12.0 Å². The van der Waals surface area contributed by atoms with Crippen LogP contribution in [0.15, 0.2) is 77.7 Å². The molecule has 0 bridgehead atoms. The fraction of sp³-hybridized carbons (Fsp3) is 0.167. The van der Waals surface area contributed by atoms with Gasteiger partial charge in [0.1, 0.15) is 5.82 Å². The van der Waals surface area contributed by atoms with Crippen LogP contribution < -0.4 is 0 Å². The molecule has 0 aliphatic carbocycles. The van der Waals surface area contributed by atoms with Crippen LogP contribution in [0.2, 0.25) is 5.02 Å². The Balaban J connectivity index is 1.78. The second-order valence-corrected chi connectivity index (χ2v) is 7.63. The quantitative estimate of drug-likeness (QED) is 0.583. The minimum Gasteiger partial charge on any atom is -0.370 e. The molecule has 2 heterocycles. The molecule has 32 heavy (non-hydrogen) atoms. The molecule has 0 spiro atoms. The van der Waals surface area contributed by atoms with E-state index in [1.165, 1.54) is 17.0 Å². The van der Waals surface area contributed by atoms with Crippen LogP contribution in [0.4, 0.5) is 10.3 Å². The van der Waals surface area contributed by atoms with Crippen molar-refractivity contribution >= 4 is 40.2 Å². The summed E-state index contributed by atoms with van der Waals surface area (Å²) in [6.07, 6.45) is 9.12. The average molecular weight is 452 g/mol. The number of aromatic nitrogens is 2. The lowest BCUT2D eigenvalue weighted by molar-refractivity contribution is 0.120. The van der Waals surface area contributed by atoms with Gasteiger partial charge in [0.05, 0.1) is 10.7 Å². The molecule has 0 saturated heterocycles. The van der Waals surface area contributed by atoms with Crippen molar-refractivity contribution in [3.8, 4) is 0 Å². The summed E-state index contributed by atoms with van der Waals surface area (Å²) in [5, 5.41) is 10.7. The summed E-state index contributed by atoms with van der Waals surface area (Å²) in [7, 11) is 0. The molecular formula is C24H23ClFN5O. The molecule has 1 atom stereocenters. The molecule has 0 amide bonds. The number of benzene rings is 1. The van der Waals surface area contributed by atoms with Crippen molar-refractivity contribution in [2.24, 2.45) is 9.98 Å². The van der Waals surface area contributed by atoms with E-state index in [0.717, 1.165) is 5.71 Å². The maximum atomic E-state index is 13.8. The van der Waals surface area contributed by atoms with Gasteiger partial charge in [-0.15, -0.1) is 0 Å². The summed E-state index contributed by atoms with van der Waals surface area (Å²) < 4.78 is 13.8. The van der Waals surface area contributed by atoms with E-state index in [1.807, 2.05) is 20.8 Å². The molecule has 1 unspecified atom stereocenters. The molecule has 1 N–H and O–H groups in total. The Morgan fingerprint density at radius 2 is 2.06 bits per heavy atom. The van der Waals surface area contributed by atoms with Crippen molar-refractivity contribution in [1.82, 2.24) is 14.9 Å². The smallest absolute Gasteiger partial charge is 0.250 e. The third-order valence-corrected chi connectivity index (χ3v) is 4.76. The van der Waals surface area contributed by atoms with E-state index in [0.29, 0.717) is 34.2 Å². The SMILES string of the molecule is C=C(c1ccc(Cl)c(F)c1)N1C=CC(c2ccnc(N=C(C)/C=C\N=C(C)C)n2)=CC1O. The van der Waals surface area contributed by atoms with Crippen LogP contribution in [0, 0.1) is 5.82 Å². The van der Waals surface area contributed by atoms with Crippen LogP contribution in [0.3, 0.4) is 0 Å². The topological polar surface area (TPSA) is 74.0 Å².